The van der Waals surface area contributed by atoms with Gasteiger partial charge in [-0.25, -0.2) is 0 Å². The number of nitrogens with zero attached hydrogens (tertiary/aromatic N) is 1. The van der Waals surface area contributed by atoms with E-state index in [2.05, 4.69) is 5.32 Å². The molecule has 0 fully saturated rings. The van der Waals surface area contributed by atoms with E-state index >= 15 is 0 Å². The average Bonchev–Trinajstić information content (AvgIpc) is 2.65. The van der Waals surface area contributed by atoms with Gasteiger partial charge in [0.05, 0.1) is 14.2 Å². The van der Waals surface area contributed by atoms with E-state index in [1.54, 1.807) is 19.1 Å². The highest BCUT2D eigenvalue weighted by Gasteiger charge is 2.09. The van der Waals surface area contributed by atoms with E-state index in [9.17, 15) is 4.79 Å². The van der Waals surface area contributed by atoms with Crippen LogP contribution in [0.5, 0.6) is 11.5 Å². The molecular formula is C20H26N2O3. The maximum Gasteiger partial charge on any atom is 0.223 e. The maximum atomic E-state index is 12.2. The molecule has 0 heterocycles. The third-order valence-corrected chi connectivity index (χ3v) is 3.98. The minimum Gasteiger partial charge on any atom is -0.493 e. The van der Waals surface area contributed by atoms with Gasteiger partial charge in [-0.2, -0.15) is 0 Å². The molecule has 5 nitrogen and oxygen atoms in total. The van der Waals surface area contributed by atoms with Gasteiger partial charge in [-0.05, 0) is 23.3 Å². The molecular weight excluding hydrogens is 316 g/mol. The lowest BCUT2D eigenvalue weighted by Crippen LogP contribution is -2.29. The topological polar surface area (TPSA) is 50.8 Å². The van der Waals surface area contributed by atoms with Gasteiger partial charge in [-0.15, -0.1) is 0 Å². The van der Waals surface area contributed by atoms with E-state index in [1.165, 1.54) is 0 Å². The van der Waals surface area contributed by atoms with Gasteiger partial charge in [-0.1, -0.05) is 36.4 Å². The molecule has 2 rings (SSSR count). The summed E-state index contributed by atoms with van der Waals surface area (Å²) in [5, 5.41) is 3.30. The summed E-state index contributed by atoms with van der Waals surface area (Å²) in [6.07, 6.45) is 0.469. The number of rotatable bonds is 9. The van der Waals surface area contributed by atoms with Crippen LogP contribution in [0.15, 0.2) is 48.5 Å². The molecule has 0 atom stereocenters. The van der Waals surface area contributed by atoms with E-state index in [0.717, 1.165) is 11.1 Å². The Hall–Kier alpha value is -2.53. The molecule has 0 aliphatic carbocycles. The van der Waals surface area contributed by atoms with E-state index in [0.29, 0.717) is 37.6 Å². The van der Waals surface area contributed by atoms with Crippen molar-refractivity contribution in [2.24, 2.45) is 0 Å². The Bertz CT molecular complexity index is 674. The van der Waals surface area contributed by atoms with Crippen LogP contribution in [-0.4, -0.2) is 38.6 Å². The number of hydrogen-bond donors (Lipinski definition) is 1. The Labute approximate surface area is 149 Å². The predicted molar refractivity (Wildman–Crippen MR) is 98.8 cm³/mol. The largest absolute Gasteiger partial charge is 0.493 e. The van der Waals surface area contributed by atoms with Crippen LogP contribution in [0.2, 0.25) is 0 Å². The molecule has 0 bridgehead atoms. The van der Waals surface area contributed by atoms with Crippen molar-refractivity contribution in [2.75, 3.05) is 27.8 Å². The van der Waals surface area contributed by atoms with Crippen LogP contribution in [0.25, 0.3) is 0 Å². The maximum absolute atomic E-state index is 12.2. The summed E-state index contributed by atoms with van der Waals surface area (Å²) in [5.74, 6) is 1.55. The first kappa shape index (κ1) is 18.8. The third-order valence-electron chi connectivity index (χ3n) is 3.98. The van der Waals surface area contributed by atoms with Crippen molar-refractivity contribution in [1.82, 2.24) is 10.2 Å². The number of methoxy groups -OCH3 is 2. The number of hydrogen-bond acceptors (Lipinski definition) is 4. The Kier molecular flexibility index (Phi) is 7.29. The minimum absolute atomic E-state index is 0.128. The molecule has 134 valence electrons. The van der Waals surface area contributed by atoms with Gasteiger partial charge in [0.1, 0.15) is 0 Å². The zero-order valence-electron chi connectivity index (χ0n) is 15.1. The second kappa shape index (κ2) is 9.69. The van der Waals surface area contributed by atoms with Crippen LogP contribution in [0.4, 0.5) is 0 Å². The molecule has 0 spiro atoms. The highest BCUT2D eigenvalue weighted by Crippen LogP contribution is 2.27. The lowest BCUT2D eigenvalue weighted by Gasteiger charge is -2.17. The van der Waals surface area contributed by atoms with Crippen LogP contribution in [0.3, 0.4) is 0 Å². The van der Waals surface area contributed by atoms with Crippen molar-refractivity contribution in [3.8, 4) is 11.5 Å². The van der Waals surface area contributed by atoms with Crippen LogP contribution in [0.1, 0.15) is 17.5 Å². The molecule has 1 N–H and O–H groups in total. The summed E-state index contributed by atoms with van der Waals surface area (Å²) in [5.41, 5.74) is 2.22. The Morgan fingerprint density at radius 3 is 2.40 bits per heavy atom. The summed E-state index contributed by atoms with van der Waals surface area (Å²) in [7, 11) is 5.08. The Morgan fingerprint density at radius 1 is 1.00 bits per heavy atom. The SMILES string of the molecule is COc1ccc(CNCCC(=O)N(C)Cc2ccccc2)cc1OC. The smallest absolute Gasteiger partial charge is 0.223 e. The number of ether oxygens (including phenoxy) is 2. The van der Waals surface area contributed by atoms with Gasteiger partial charge >= 0.3 is 0 Å². The van der Waals surface area contributed by atoms with E-state index in [1.807, 2.05) is 55.6 Å². The standard InChI is InChI=1S/C20H26N2O3/c1-22(15-16-7-5-4-6-8-16)20(23)11-12-21-14-17-9-10-18(24-2)19(13-17)25-3/h4-10,13,21H,11-12,14-15H2,1-3H3. The van der Waals surface area contributed by atoms with Crippen molar-refractivity contribution >= 4 is 5.91 Å². The molecule has 1 amide bonds. The summed E-state index contributed by atoms with van der Waals surface area (Å²) >= 11 is 0. The van der Waals surface area contributed by atoms with Crippen molar-refractivity contribution in [1.29, 1.82) is 0 Å². The number of carbonyl (C=O) groups excluding carboxylic acids is 1. The summed E-state index contributed by atoms with van der Waals surface area (Å²) in [6, 6.07) is 15.8. The number of benzene rings is 2. The van der Waals surface area contributed by atoms with E-state index < -0.39 is 0 Å². The first-order chi connectivity index (χ1) is 12.1. The van der Waals surface area contributed by atoms with Crippen molar-refractivity contribution in [3.05, 3.63) is 59.7 Å². The van der Waals surface area contributed by atoms with Gasteiger partial charge in [0, 0.05) is 33.1 Å². The Balaban J connectivity index is 1.74. The highest BCUT2D eigenvalue weighted by atomic mass is 16.5. The summed E-state index contributed by atoms with van der Waals surface area (Å²) < 4.78 is 10.5. The first-order valence-corrected chi connectivity index (χ1v) is 8.33. The van der Waals surface area contributed by atoms with Crippen LogP contribution in [-0.2, 0) is 17.9 Å². The highest BCUT2D eigenvalue weighted by molar-refractivity contribution is 5.76. The minimum atomic E-state index is 0.128. The monoisotopic (exact) mass is 342 g/mol. The first-order valence-electron chi connectivity index (χ1n) is 8.33. The lowest BCUT2D eigenvalue weighted by molar-refractivity contribution is -0.130. The van der Waals surface area contributed by atoms with Gasteiger partial charge in [0.2, 0.25) is 5.91 Å². The zero-order chi connectivity index (χ0) is 18.1. The normalized spacial score (nSPS) is 10.4. The molecule has 2 aromatic rings. The molecule has 0 aliphatic rings. The fraction of sp³-hybridized carbons (Fsp3) is 0.350. The molecule has 0 aromatic heterocycles. The lowest BCUT2D eigenvalue weighted by atomic mass is 10.2. The van der Waals surface area contributed by atoms with Gasteiger partial charge in [0.25, 0.3) is 0 Å². The second-order valence-corrected chi connectivity index (χ2v) is 5.85. The molecule has 0 saturated heterocycles. The molecule has 0 radical (unpaired) electrons. The fourth-order valence-corrected chi connectivity index (χ4v) is 2.55. The molecule has 0 unspecified atom stereocenters. The van der Waals surface area contributed by atoms with Crippen LogP contribution in [0, 0.1) is 0 Å². The summed E-state index contributed by atoms with van der Waals surface area (Å²) in [4.78, 5) is 13.9. The zero-order valence-corrected chi connectivity index (χ0v) is 15.1. The number of carbonyl (C=O) groups is 1. The second-order valence-electron chi connectivity index (χ2n) is 5.85. The van der Waals surface area contributed by atoms with Crippen LogP contribution >= 0.6 is 0 Å². The predicted octanol–water partition coefficient (Wildman–Crippen LogP) is 2.84. The van der Waals surface area contributed by atoms with E-state index in [4.69, 9.17) is 9.47 Å². The molecule has 5 heteroatoms. The van der Waals surface area contributed by atoms with Crippen molar-refractivity contribution < 1.29 is 14.3 Å². The number of amides is 1. The summed E-state index contributed by atoms with van der Waals surface area (Å²) in [6.45, 7) is 1.94. The number of nitrogens with one attached hydrogen (secondary N) is 1. The molecule has 2 aromatic carbocycles. The quantitative estimate of drug-likeness (QED) is 0.712. The third kappa shape index (κ3) is 5.80. The van der Waals surface area contributed by atoms with Gasteiger partial charge in [-0.3, -0.25) is 4.79 Å². The van der Waals surface area contributed by atoms with Gasteiger partial charge < -0.3 is 19.7 Å². The van der Waals surface area contributed by atoms with Crippen molar-refractivity contribution in [2.45, 2.75) is 19.5 Å². The van der Waals surface area contributed by atoms with Crippen LogP contribution < -0.4 is 14.8 Å². The van der Waals surface area contributed by atoms with Gasteiger partial charge in [0.15, 0.2) is 11.5 Å². The molecule has 0 aliphatic heterocycles. The Morgan fingerprint density at radius 2 is 1.72 bits per heavy atom. The average molecular weight is 342 g/mol. The molecule has 0 saturated carbocycles. The van der Waals surface area contributed by atoms with Crippen molar-refractivity contribution in [3.63, 3.8) is 0 Å². The fourth-order valence-electron chi connectivity index (χ4n) is 2.55. The van der Waals surface area contributed by atoms with E-state index in [-0.39, 0.29) is 5.91 Å². The molecule has 25 heavy (non-hydrogen) atoms.